The second kappa shape index (κ2) is 5.17. The predicted octanol–water partition coefficient (Wildman–Crippen LogP) is 2.48. The maximum atomic E-state index is 12.7. The Bertz CT molecular complexity index is 544. The maximum Gasteiger partial charge on any atom is 0.311 e. The quantitative estimate of drug-likeness (QED) is 0.874. The molecule has 2 aliphatic rings. The molecule has 1 aromatic rings. The fourth-order valence-corrected chi connectivity index (χ4v) is 3.42. The third-order valence-electron chi connectivity index (χ3n) is 5.32. The molecule has 2 N–H and O–H groups in total. The van der Waals surface area contributed by atoms with Crippen molar-refractivity contribution in [3.05, 3.63) is 35.9 Å². The van der Waals surface area contributed by atoms with Crippen LogP contribution in [0.4, 0.5) is 0 Å². The zero-order valence-corrected chi connectivity index (χ0v) is 12.1. The summed E-state index contributed by atoms with van der Waals surface area (Å²) in [5, 5.41) is 12.3. The predicted molar refractivity (Wildman–Crippen MR) is 78.9 cm³/mol. The molecule has 2 saturated carbocycles. The van der Waals surface area contributed by atoms with Crippen molar-refractivity contribution in [1.82, 2.24) is 5.32 Å². The number of hydrogen-bond acceptors (Lipinski definition) is 2. The van der Waals surface area contributed by atoms with Gasteiger partial charge in [-0.15, -0.1) is 0 Å². The van der Waals surface area contributed by atoms with E-state index in [0.29, 0.717) is 12.8 Å². The zero-order chi connectivity index (χ0) is 14.9. The van der Waals surface area contributed by atoms with Crippen molar-refractivity contribution in [2.75, 3.05) is 6.54 Å². The lowest BCUT2D eigenvalue weighted by molar-refractivity contribution is -0.154. The summed E-state index contributed by atoms with van der Waals surface area (Å²) in [5.74, 6) is -0.788. The Morgan fingerprint density at radius 2 is 1.67 bits per heavy atom. The summed E-state index contributed by atoms with van der Waals surface area (Å²) in [6.45, 7) is 0.260. The molecule has 0 saturated heterocycles. The lowest BCUT2D eigenvalue weighted by Crippen LogP contribution is -2.54. The van der Waals surface area contributed by atoms with E-state index in [2.05, 4.69) is 5.32 Å². The van der Waals surface area contributed by atoms with Crippen molar-refractivity contribution in [3.8, 4) is 0 Å². The molecule has 0 bridgehead atoms. The molecule has 0 heterocycles. The van der Waals surface area contributed by atoms with Crippen molar-refractivity contribution < 1.29 is 14.7 Å². The third kappa shape index (κ3) is 2.23. The van der Waals surface area contributed by atoms with Crippen molar-refractivity contribution in [1.29, 1.82) is 0 Å². The summed E-state index contributed by atoms with van der Waals surface area (Å²) in [6, 6.07) is 9.84. The van der Waals surface area contributed by atoms with E-state index < -0.39 is 16.8 Å². The molecule has 21 heavy (non-hydrogen) atoms. The molecule has 2 aliphatic carbocycles. The third-order valence-corrected chi connectivity index (χ3v) is 5.32. The highest BCUT2D eigenvalue weighted by Crippen LogP contribution is 2.45. The lowest BCUT2D eigenvalue weighted by atomic mass is 9.63. The smallest absolute Gasteiger partial charge is 0.311 e. The van der Waals surface area contributed by atoms with Gasteiger partial charge < -0.3 is 10.4 Å². The van der Waals surface area contributed by atoms with E-state index >= 15 is 0 Å². The van der Waals surface area contributed by atoms with Gasteiger partial charge in [0.25, 0.3) is 0 Å². The number of hydrogen-bond donors (Lipinski definition) is 2. The van der Waals surface area contributed by atoms with E-state index in [1.54, 1.807) is 0 Å². The number of carbonyl (C=O) groups is 2. The van der Waals surface area contributed by atoms with Crippen LogP contribution < -0.4 is 5.32 Å². The molecule has 0 spiro atoms. The summed E-state index contributed by atoms with van der Waals surface area (Å²) in [7, 11) is 0. The van der Waals surface area contributed by atoms with Crippen molar-refractivity contribution >= 4 is 11.9 Å². The van der Waals surface area contributed by atoms with E-state index in [1.165, 1.54) is 0 Å². The molecule has 1 aromatic carbocycles. The number of rotatable bonds is 5. The van der Waals surface area contributed by atoms with Gasteiger partial charge in [0.15, 0.2) is 0 Å². The monoisotopic (exact) mass is 287 g/mol. The van der Waals surface area contributed by atoms with Crippen LogP contribution in [0.25, 0.3) is 0 Å². The molecule has 3 rings (SSSR count). The van der Waals surface area contributed by atoms with Crippen LogP contribution in [0.5, 0.6) is 0 Å². The Morgan fingerprint density at radius 1 is 1.05 bits per heavy atom. The Hall–Kier alpha value is -1.84. The number of aliphatic carboxylic acids is 1. The molecular weight excluding hydrogens is 266 g/mol. The van der Waals surface area contributed by atoms with Crippen LogP contribution in [0.1, 0.15) is 44.1 Å². The topological polar surface area (TPSA) is 66.4 Å². The minimum absolute atomic E-state index is 0.00697. The molecule has 2 fully saturated rings. The van der Waals surface area contributed by atoms with Crippen molar-refractivity contribution in [2.45, 2.75) is 43.9 Å². The van der Waals surface area contributed by atoms with Crippen LogP contribution in [-0.4, -0.2) is 23.5 Å². The van der Waals surface area contributed by atoms with Gasteiger partial charge in [0.2, 0.25) is 5.91 Å². The van der Waals surface area contributed by atoms with E-state index in [0.717, 1.165) is 31.2 Å². The first-order valence-corrected chi connectivity index (χ1v) is 7.66. The minimum atomic E-state index is -0.781. The van der Waals surface area contributed by atoms with E-state index in [9.17, 15) is 14.7 Å². The summed E-state index contributed by atoms with van der Waals surface area (Å²) >= 11 is 0. The number of benzene rings is 1. The largest absolute Gasteiger partial charge is 0.481 e. The summed E-state index contributed by atoms with van der Waals surface area (Å²) in [5.41, 5.74) is -0.117. The Balaban J connectivity index is 1.71. The number of nitrogens with one attached hydrogen (secondary N) is 1. The Kier molecular flexibility index (Phi) is 3.47. The molecule has 0 aliphatic heterocycles. The van der Waals surface area contributed by atoms with Gasteiger partial charge in [-0.1, -0.05) is 43.2 Å². The number of carboxylic acids is 1. The maximum absolute atomic E-state index is 12.7. The molecular formula is C17H21NO3. The number of amides is 1. The average Bonchev–Trinajstić information content (AvgIpc) is 2.37. The molecule has 0 radical (unpaired) electrons. The second-order valence-corrected chi connectivity index (χ2v) is 6.42. The second-order valence-electron chi connectivity index (χ2n) is 6.42. The van der Waals surface area contributed by atoms with E-state index in [-0.39, 0.29) is 12.5 Å². The standard InChI is InChI=1S/C17H21NO3/c19-14(18-12-16(15(20)21)8-4-9-16)17(10-5-11-17)13-6-2-1-3-7-13/h1-3,6-7H,4-5,8-12H2,(H,18,19)(H,20,21). The van der Waals surface area contributed by atoms with Gasteiger partial charge in [-0.2, -0.15) is 0 Å². The molecule has 0 atom stereocenters. The summed E-state index contributed by atoms with van der Waals surface area (Å²) in [6.07, 6.45) is 5.02. The molecule has 0 aromatic heterocycles. The summed E-state index contributed by atoms with van der Waals surface area (Å²) in [4.78, 5) is 24.0. The summed E-state index contributed by atoms with van der Waals surface area (Å²) < 4.78 is 0. The zero-order valence-electron chi connectivity index (χ0n) is 12.1. The number of carboxylic acid groups (broad SMARTS) is 1. The van der Waals surface area contributed by atoms with Crippen LogP contribution in [0.2, 0.25) is 0 Å². The van der Waals surface area contributed by atoms with Gasteiger partial charge in [-0.05, 0) is 31.2 Å². The van der Waals surface area contributed by atoms with Gasteiger partial charge in [-0.3, -0.25) is 9.59 Å². The highest BCUT2D eigenvalue weighted by Gasteiger charge is 2.48. The van der Waals surface area contributed by atoms with Crippen LogP contribution in [0.15, 0.2) is 30.3 Å². The highest BCUT2D eigenvalue weighted by atomic mass is 16.4. The highest BCUT2D eigenvalue weighted by molar-refractivity contribution is 5.90. The van der Waals surface area contributed by atoms with Gasteiger partial charge >= 0.3 is 5.97 Å². The molecule has 1 amide bonds. The van der Waals surface area contributed by atoms with Gasteiger partial charge in [0, 0.05) is 6.54 Å². The van der Waals surface area contributed by atoms with Crippen LogP contribution in [-0.2, 0) is 15.0 Å². The molecule has 112 valence electrons. The number of carbonyl (C=O) groups excluding carboxylic acids is 1. The van der Waals surface area contributed by atoms with Crippen molar-refractivity contribution in [2.24, 2.45) is 5.41 Å². The van der Waals surface area contributed by atoms with Gasteiger partial charge in [0.1, 0.15) is 0 Å². The Morgan fingerprint density at radius 3 is 2.10 bits per heavy atom. The lowest BCUT2D eigenvalue weighted by Gasteiger charge is -2.43. The van der Waals surface area contributed by atoms with E-state index in [1.807, 2.05) is 30.3 Å². The molecule has 4 nitrogen and oxygen atoms in total. The van der Waals surface area contributed by atoms with Crippen molar-refractivity contribution in [3.63, 3.8) is 0 Å². The van der Waals surface area contributed by atoms with Crippen LogP contribution >= 0.6 is 0 Å². The Labute approximate surface area is 124 Å². The molecule has 0 unspecified atom stereocenters. The van der Waals surface area contributed by atoms with Crippen LogP contribution in [0, 0.1) is 5.41 Å². The normalized spacial score (nSPS) is 21.7. The van der Waals surface area contributed by atoms with E-state index in [4.69, 9.17) is 0 Å². The first kappa shape index (κ1) is 14.1. The first-order chi connectivity index (χ1) is 10.1. The fourth-order valence-electron chi connectivity index (χ4n) is 3.42. The molecule has 4 heteroatoms. The van der Waals surface area contributed by atoms with Gasteiger partial charge in [0.05, 0.1) is 10.8 Å². The van der Waals surface area contributed by atoms with Gasteiger partial charge in [-0.25, -0.2) is 0 Å². The SMILES string of the molecule is O=C(O)C1(CNC(=O)C2(c3ccccc3)CCC2)CCC1. The first-order valence-electron chi connectivity index (χ1n) is 7.66. The average molecular weight is 287 g/mol. The fraction of sp³-hybridized carbons (Fsp3) is 0.529. The van der Waals surface area contributed by atoms with Crippen LogP contribution in [0.3, 0.4) is 0 Å². The minimum Gasteiger partial charge on any atom is -0.481 e.